The topological polar surface area (TPSA) is 94.5 Å². The number of carbonyl (C=O) groups excluding carboxylic acids is 2. The smallest absolute Gasteiger partial charge is 0.262 e. The summed E-state index contributed by atoms with van der Waals surface area (Å²) in [7, 11) is 1.55. The van der Waals surface area contributed by atoms with E-state index in [9.17, 15) is 9.59 Å². The summed E-state index contributed by atoms with van der Waals surface area (Å²) >= 11 is 1.30. The van der Waals surface area contributed by atoms with E-state index >= 15 is 0 Å². The van der Waals surface area contributed by atoms with E-state index in [2.05, 4.69) is 10.6 Å². The maximum absolute atomic E-state index is 12.4. The summed E-state index contributed by atoms with van der Waals surface area (Å²) in [5, 5.41) is 16.6. The van der Waals surface area contributed by atoms with Gasteiger partial charge in [-0.05, 0) is 23.6 Å². The lowest BCUT2D eigenvalue weighted by Gasteiger charge is -2.34. The lowest BCUT2D eigenvalue weighted by Crippen LogP contribution is -2.50. The first-order chi connectivity index (χ1) is 12.1. The second-order valence-electron chi connectivity index (χ2n) is 5.39. The number of likely N-dealkylation sites (N-methyl/N-ethyl adjacent to an activating group) is 1. The first kappa shape index (κ1) is 16.8. The lowest BCUT2D eigenvalue weighted by molar-refractivity contribution is -0.127. The minimum Gasteiger partial charge on any atom is -0.477 e. The molecule has 0 saturated heterocycles. The van der Waals surface area contributed by atoms with Gasteiger partial charge in [0, 0.05) is 7.05 Å². The van der Waals surface area contributed by atoms with Crippen molar-refractivity contribution in [1.29, 1.82) is 5.26 Å². The molecule has 0 fully saturated rings. The molecule has 1 aromatic heterocycles. The van der Waals surface area contributed by atoms with Crippen molar-refractivity contribution in [2.75, 3.05) is 30.4 Å². The van der Waals surface area contributed by atoms with Crippen LogP contribution in [0.4, 0.5) is 10.7 Å². The van der Waals surface area contributed by atoms with Crippen molar-refractivity contribution in [2.45, 2.75) is 6.10 Å². The molecule has 128 valence electrons. The summed E-state index contributed by atoms with van der Waals surface area (Å²) in [5.74, 6) is 0.0558. The van der Waals surface area contributed by atoms with Crippen LogP contribution in [-0.2, 0) is 9.59 Å². The van der Waals surface area contributed by atoms with E-state index in [1.165, 1.54) is 11.3 Å². The third-order valence-electron chi connectivity index (χ3n) is 3.77. The maximum Gasteiger partial charge on any atom is 0.262 e. The van der Waals surface area contributed by atoms with E-state index in [1.54, 1.807) is 29.5 Å². The number of ether oxygens (including phenoxy) is 1. The van der Waals surface area contributed by atoms with Gasteiger partial charge in [0.25, 0.3) is 5.91 Å². The van der Waals surface area contributed by atoms with E-state index in [-0.39, 0.29) is 24.9 Å². The van der Waals surface area contributed by atoms with Crippen molar-refractivity contribution in [3.05, 3.63) is 41.3 Å². The van der Waals surface area contributed by atoms with Crippen LogP contribution in [0.25, 0.3) is 0 Å². The largest absolute Gasteiger partial charge is 0.477 e. The van der Waals surface area contributed by atoms with Gasteiger partial charge in [0.15, 0.2) is 6.10 Å². The Morgan fingerprint density at radius 3 is 2.96 bits per heavy atom. The van der Waals surface area contributed by atoms with Gasteiger partial charge < -0.3 is 20.3 Å². The number of benzene rings is 1. The molecule has 2 N–H and O–H groups in total. The van der Waals surface area contributed by atoms with Gasteiger partial charge in [-0.2, -0.15) is 5.26 Å². The molecule has 1 atom stereocenters. The van der Waals surface area contributed by atoms with Crippen LogP contribution in [0.15, 0.2) is 35.7 Å². The van der Waals surface area contributed by atoms with E-state index in [4.69, 9.17) is 10.00 Å². The Morgan fingerprint density at radius 1 is 1.40 bits per heavy atom. The Hall–Kier alpha value is -3.05. The summed E-state index contributed by atoms with van der Waals surface area (Å²) in [6, 6.07) is 11.0. The first-order valence-corrected chi connectivity index (χ1v) is 8.50. The number of thiophene rings is 1. The number of fused-ring (bicyclic) bond motifs is 1. The zero-order valence-electron chi connectivity index (χ0n) is 13.5. The summed E-state index contributed by atoms with van der Waals surface area (Å²) in [4.78, 5) is 26.2. The molecule has 0 spiro atoms. The molecule has 0 radical (unpaired) electrons. The number of nitrogens with one attached hydrogen (secondary N) is 2. The van der Waals surface area contributed by atoms with Crippen molar-refractivity contribution in [3.63, 3.8) is 0 Å². The number of nitriles is 1. The van der Waals surface area contributed by atoms with Crippen LogP contribution >= 0.6 is 11.3 Å². The molecule has 0 unspecified atom stereocenters. The van der Waals surface area contributed by atoms with Crippen molar-refractivity contribution < 1.29 is 14.3 Å². The van der Waals surface area contributed by atoms with E-state index in [0.717, 1.165) is 5.69 Å². The Kier molecular flexibility index (Phi) is 4.86. The van der Waals surface area contributed by atoms with Crippen LogP contribution in [0.3, 0.4) is 0 Å². The van der Waals surface area contributed by atoms with Crippen molar-refractivity contribution in [3.8, 4) is 11.8 Å². The van der Waals surface area contributed by atoms with Gasteiger partial charge in [-0.15, -0.1) is 11.3 Å². The minimum atomic E-state index is -0.691. The van der Waals surface area contributed by atoms with E-state index < -0.39 is 6.10 Å². The SMILES string of the molecule is CNC(=O)[C@@H]1CN(CC(=O)Nc2sccc2C#N)c2ccccc2O1. The fourth-order valence-corrected chi connectivity index (χ4v) is 3.34. The number of nitrogens with zero attached hydrogens (tertiary/aromatic N) is 2. The summed E-state index contributed by atoms with van der Waals surface area (Å²) < 4.78 is 5.71. The van der Waals surface area contributed by atoms with Gasteiger partial charge in [-0.25, -0.2) is 0 Å². The Balaban J connectivity index is 1.77. The Bertz CT molecular complexity index is 842. The molecule has 0 aliphatic carbocycles. The molecule has 0 bridgehead atoms. The van der Waals surface area contributed by atoms with Crippen LogP contribution in [0.1, 0.15) is 5.56 Å². The second-order valence-corrected chi connectivity index (χ2v) is 6.31. The molecule has 3 rings (SSSR count). The predicted octanol–water partition coefficient (Wildman–Crippen LogP) is 1.57. The average Bonchev–Trinajstić information content (AvgIpc) is 3.07. The van der Waals surface area contributed by atoms with Crippen molar-refractivity contribution in [2.24, 2.45) is 0 Å². The molecule has 1 aromatic carbocycles. The van der Waals surface area contributed by atoms with Crippen LogP contribution < -0.4 is 20.3 Å². The van der Waals surface area contributed by atoms with Gasteiger partial charge in [-0.1, -0.05) is 12.1 Å². The Morgan fingerprint density at radius 2 is 2.20 bits per heavy atom. The number of para-hydroxylation sites is 2. The zero-order chi connectivity index (χ0) is 17.8. The first-order valence-electron chi connectivity index (χ1n) is 7.62. The second kappa shape index (κ2) is 7.23. The molecular weight excluding hydrogens is 340 g/mol. The maximum atomic E-state index is 12.4. The minimum absolute atomic E-state index is 0.0522. The molecular formula is C17H16N4O3S. The highest BCUT2D eigenvalue weighted by atomic mass is 32.1. The summed E-state index contributed by atoms with van der Waals surface area (Å²) in [6.45, 7) is 0.316. The zero-order valence-corrected chi connectivity index (χ0v) is 14.3. The normalized spacial score (nSPS) is 15.5. The van der Waals surface area contributed by atoms with Gasteiger partial charge in [0.05, 0.1) is 24.3 Å². The average molecular weight is 356 g/mol. The molecule has 2 amide bonds. The highest BCUT2D eigenvalue weighted by Gasteiger charge is 2.31. The fourth-order valence-electron chi connectivity index (χ4n) is 2.59. The molecule has 8 heteroatoms. The molecule has 2 heterocycles. The third-order valence-corrected chi connectivity index (χ3v) is 4.60. The number of carbonyl (C=O) groups is 2. The van der Waals surface area contributed by atoms with Gasteiger partial charge in [0.2, 0.25) is 5.91 Å². The van der Waals surface area contributed by atoms with Crippen LogP contribution in [-0.4, -0.2) is 38.1 Å². The quantitative estimate of drug-likeness (QED) is 0.867. The third kappa shape index (κ3) is 3.56. The summed E-state index contributed by atoms with van der Waals surface area (Å²) in [6.07, 6.45) is -0.691. The number of amides is 2. The summed E-state index contributed by atoms with van der Waals surface area (Å²) in [5.41, 5.74) is 1.19. The number of hydrogen-bond donors (Lipinski definition) is 2. The molecule has 7 nitrogen and oxygen atoms in total. The van der Waals surface area contributed by atoms with Crippen LogP contribution in [0.2, 0.25) is 0 Å². The number of anilines is 2. The monoisotopic (exact) mass is 356 g/mol. The van der Waals surface area contributed by atoms with Crippen molar-refractivity contribution >= 4 is 33.8 Å². The molecule has 1 aliphatic rings. The van der Waals surface area contributed by atoms with Gasteiger partial charge in [0.1, 0.15) is 16.8 Å². The Labute approximate surface area is 148 Å². The van der Waals surface area contributed by atoms with Crippen LogP contribution in [0.5, 0.6) is 5.75 Å². The van der Waals surface area contributed by atoms with Crippen molar-refractivity contribution in [1.82, 2.24) is 5.32 Å². The van der Waals surface area contributed by atoms with Crippen LogP contribution in [0, 0.1) is 11.3 Å². The fraction of sp³-hybridized carbons (Fsp3) is 0.235. The molecule has 2 aromatic rings. The lowest BCUT2D eigenvalue weighted by atomic mass is 10.1. The van der Waals surface area contributed by atoms with E-state index in [1.807, 2.05) is 24.3 Å². The number of hydrogen-bond acceptors (Lipinski definition) is 6. The highest BCUT2D eigenvalue weighted by molar-refractivity contribution is 7.14. The van der Waals surface area contributed by atoms with Gasteiger partial charge in [-0.3, -0.25) is 9.59 Å². The predicted molar refractivity (Wildman–Crippen MR) is 94.8 cm³/mol. The molecule has 0 saturated carbocycles. The van der Waals surface area contributed by atoms with Gasteiger partial charge >= 0.3 is 0 Å². The highest BCUT2D eigenvalue weighted by Crippen LogP contribution is 2.33. The molecule has 25 heavy (non-hydrogen) atoms. The number of rotatable bonds is 4. The standard InChI is InChI=1S/C17H16N4O3S/c1-19-16(23)14-9-21(12-4-2-3-5-13(12)24-14)10-15(22)20-17-11(8-18)6-7-25-17/h2-7,14H,9-10H2,1H3,(H,19,23)(H,20,22)/t14-/m0/s1. The van der Waals surface area contributed by atoms with E-state index in [0.29, 0.717) is 16.3 Å². The molecule has 1 aliphatic heterocycles.